The van der Waals surface area contributed by atoms with Gasteiger partial charge in [-0.25, -0.2) is 9.78 Å². The Balaban J connectivity index is 2.99. The van der Waals surface area contributed by atoms with Gasteiger partial charge in [0.05, 0.1) is 12.2 Å². The number of aliphatic hydroxyl groups excluding tert-OH is 1. The molecule has 1 aromatic heterocycles. The largest absolute Gasteiger partial charge is 0.478 e. The van der Waals surface area contributed by atoms with E-state index < -0.39 is 5.97 Å². The number of aryl methyl sites for hydroxylation is 1. The fourth-order valence-electron chi connectivity index (χ4n) is 1.47. The van der Waals surface area contributed by atoms with Gasteiger partial charge in [-0.3, -0.25) is 0 Å². The molecule has 0 aliphatic rings. The lowest BCUT2D eigenvalue weighted by Crippen LogP contribution is -2.20. The Hall–Kier alpha value is -1.62. The summed E-state index contributed by atoms with van der Waals surface area (Å²) in [6.45, 7) is 3.79. The summed E-state index contributed by atoms with van der Waals surface area (Å²) < 4.78 is 0. The zero-order valence-electron chi connectivity index (χ0n) is 10.1. The van der Waals surface area contributed by atoms with E-state index in [4.69, 9.17) is 10.2 Å². The van der Waals surface area contributed by atoms with Crippen molar-refractivity contribution < 1.29 is 15.0 Å². The van der Waals surface area contributed by atoms with Crippen LogP contribution in [0.1, 0.15) is 36.3 Å². The van der Waals surface area contributed by atoms with Gasteiger partial charge < -0.3 is 15.5 Å². The third-order valence-electron chi connectivity index (χ3n) is 2.30. The predicted molar refractivity (Wildman–Crippen MR) is 65.4 cm³/mol. The van der Waals surface area contributed by atoms with Crippen LogP contribution in [0.5, 0.6) is 0 Å². The summed E-state index contributed by atoms with van der Waals surface area (Å²) in [6.07, 6.45) is 1.65. The van der Waals surface area contributed by atoms with Gasteiger partial charge in [-0.2, -0.15) is 0 Å². The molecule has 0 aromatic carbocycles. The van der Waals surface area contributed by atoms with Gasteiger partial charge in [-0.1, -0.05) is 13.3 Å². The number of hydrogen-bond acceptors (Lipinski definition) is 4. The fourth-order valence-corrected chi connectivity index (χ4v) is 1.47. The third kappa shape index (κ3) is 4.03. The zero-order valence-corrected chi connectivity index (χ0v) is 10.1. The lowest BCUT2D eigenvalue weighted by molar-refractivity contribution is 0.0696. The van der Waals surface area contributed by atoms with Crippen molar-refractivity contribution in [2.45, 2.75) is 32.7 Å². The number of pyridine rings is 1. The van der Waals surface area contributed by atoms with E-state index in [9.17, 15) is 4.79 Å². The van der Waals surface area contributed by atoms with E-state index in [0.717, 1.165) is 18.5 Å². The summed E-state index contributed by atoms with van der Waals surface area (Å²) >= 11 is 0. The molecule has 0 radical (unpaired) electrons. The van der Waals surface area contributed by atoms with Crippen LogP contribution >= 0.6 is 0 Å². The van der Waals surface area contributed by atoms with Crippen LogP contribution in [-0.4, -0.2) is 33.8 Å². The maximum absolute atomic E-state index is 11.0. The van der Waals surface area contributed by atoms with Crippen molar-refractivity contribution in [3.05, 3.63) is 23.4 Å². The molecule has 1 heterocycles. The first-order valence-corrected chi connectivity index (χ1v) is 5.68. The second-order valence-electron chi connectivity index (χ2n) is 4.02. The molecule has 5 nitrogen and oxygen atoms in total. The number of hydrogen-bond donors (Lipinski definition) is 3. The normalized spacial score (nSPS) is 12.2. The molecular weight excluding hydrogens is 220 g/mol. The number of nitrogens with one attached hydrogen (secondary N) is 1. The minimum Gasteiger partial charge on any atom is -0.478 e. The Kier molecular flexibility index (Phi) is 4.90. The van der Waals surface area contributed by atoms with Crippen LogP contribution in [0.4, 0.5) is 5.82 Å². The van der Waals surface area contributed by atoms with Crippen LogP contribution in [0.15, 0.2) is 12.1 Å². The Morgan fingerprint density at radius 1 is 1.53 bits per heavy atom. The summed E-state index contributed by atoms with van der Waals surface area (Å²) in [5.74, 6) is -0.473. The smallest absolute Gasteiger partial charge is 0.335 e. The fraction of sp³-hybridized carbons (Fsp3) is 0.500. The number of aromatic nitrogens is 1. The quantitative estimate of drug-likeness (QED) is 0.700. The number of anilines is 1. The number of aromatic carboxylic acids is 1. The summed E-state index contributed by atoms with van der Waals surface area (Å²) in [5, 5.41) is 20.9. The molecule has 0 spiro atoms. The molecule has 0 amide bonds. The van der Waals surface area contributed by atoms with Crippen LogP contribution in [0.2, 0.25) is 0 Å². The van der Waals surface area contributed by atoms with E-state index in [2.05, 4.69) is 10.3 Å². The van der Waals surface area contributed by atoms with Gasteiger partial charge in [-0.05, 0) is 25.5 Å². The molecule has 17 heavy (non-hydrogen) atoms. The van der Waals surface area contributed by atoms with Crippen molar-refractivity contribution in [3.8, 4) is 0 Å². The molecule has 0 saturated carbocycles. The lowest BCUT2D eigenvalue weighted by atomic mass is 10.1. The molecule has 1 rings (SSSR count). The molecule has 94 valence electrons. The number of carbonyl (C=O) groups is 1. The van der Waals surface area contributed by atoms with Crippen LogP contribution in [0.3, 0.4) is 0 Å². The van der Waals surface area contributed by atoms with Crippen LogP contribution in [-0.2, 0) is 6.42 Å². The highest BCUT2D eigenvalue weighted by molar-refractivity contribution is 5.88. The Labute approximate surface area is 101 Å². The van der Waals surface area contributed by atoms with Crippen molar-refractivity contribution in [1.29, 1.82) is 0 Å². The maximum Gasteiger partial charge on any atom is 0.335 e. The molecule has 0 saturated heterocycles. The molecule has 0 fully saturated rings. The molecular formula is C12H18N2O3. The van der Waals surface area contributed by atoms with Crippen LogP contribution < -0.4 is 5.32 Å². The van der Waals surface area contributed by atoms with E-state index in [0.29, 0.717) is 5.82 Å². The van der Waals surface area contributed by atoms with Gasteiger partial charge in [-0.15, -0.1) is 0 Å². The Morgan fingerprint density at radius 2 is 2.24 bits per heavy atom. The van der Waals surface area contributed by atoms with E-state index in [1.165, 1.54) is 6.07 Å². The second kappa shape index (κ2) is 6.20. The van der Waals surface area contributed by atoms with Crippen LogP contribution in [0.25, 0.3) is 0 Å². The van der Waals surface area contributed by atoms with Crippen molar-refractivity contribution in [1.82, 2.24) is 4.98 Å². The molecule has 0 aliphatic carbocycles. The first kappa shape index (κ1) is 13.4. The SMILES string of the molecule is CCCc1cc(C(=O)O)cc(NC(C)CO)n1. The Morgan fingerprint density at radius 3 is 2.76 bits per heavy atom. The minimum atomic E-state index is -0.968. The van der Waals surface area contributed by atoms with Crippen molar-refractivity contribution >= 4 is 11.8 Å². The van der Waals surface area contributed by atoms with E-state index in [1.807, 2.05) is 6.92 Å². The van der Waals surface area contributed by atoms with Gasteiger partial charge in [0.1, 0.15) is 5.82 Å². The Bertz CT molecular complexity index is 393. The minimum absolute atomic E-state index is 0.0257. The highest BCUT2D eigenvalue weighted by Gasteiger charge is 2.09. The van der Waals surface area contributed by atoms with Gasteiger partial charge in [0.2, 0.25) is 0 Å². The highest BCUT2D eigenvalue weighted by atomic mass is 16.4. The number of rotatable bonds is 6. The summed E-state index contributed by atoms with van der Waals surface area (Å²) in [4.78, 5) is 15.3. The molecule has 0 bridgehead atoms. The molecule has 1 unspecified atom stereocenters. The summed E-state index contributed by atoms with van der Waals surface area (Å²) in [7, 11) is 0. The predicted octanol–water partition coefficient (Wildman–Crippen LogP) is 1.52. The molecule has 0 aliphatic heterocycles. The van der Waals surface area contributed by atoms with Gasteiger partial charge >= 0.3 is 5.97 Å². The average Bonchev–Trinajstić information content (AvgIpc) is 2.29. The molecule has 3 N–H and O–H groups in total. The van der Waals surface area contributed by atoms with Crippen LogP contribution in [0, 0.1) is 0 Å². The summed E-state index contributed by atoms with van der Waals surface area (Å²) in [6, 6.07) is 2.91. The maximum atomic E-state index is 11.0. The topological polar surface area (TPSA) is 82.5 Å². The van der Waals surface area contributed by atoms with Crippen molar-refractivity contribution in [3.63, 3.8) is 0 Å². The highest BCUT2D eigenvalue weighted by Crippen LogP contribution is 2.13. The van der Waals surface area contributed by atoms with Crippen molar-refractivity contribution in [2.75, 3.05) is 11.9 Å². The lowest BCUT2D eigenvalue weighted by Gasteiger charge is -2.13. The molecule has 1 atom stereocenters. The number of carboxylic acid groups (broad SMARTS) is 1. The number of carboxylic acids is 1. The number of aliphatic hydroxyl groups is 1. The standard InChI is InChI=1S/C12H18N2O3/c1-3-4-10-5-9(12(16)17)6-11(14-10)13-8(2)7-15/h5-6,8,15H,3-4,7H2,1-2H3,(H,13,14)(H,16,17). The van der Waals surface area contributed by atoms with E-state index in [-0.39, 0.29) is 18.2 Å². The number of nitrogens with zero attached hydrogens (tertiary/aromatic N) is 1. The second-order valence-corrected chi connectivity index (χ2v) is 4.02. The molecule has 5 heteroatoms. The molecule has 1 aromatic rings. The first-order valence-electron chi connectivity index (χ1n) is 5.68. The third-order valence-corrected chi connectivity index (χ3v) is 2.30. The summed E-state index contributed by atoms with van der Waals surface area (Å²) in [5.41, 5.74) is 0.969. The van der Waals surface area contributed by atoms with E-state index in [1.54, 1.807) is 13.0 Å². The van der Waals surface area contributed by atoms with E-state index >= 15 is 0 Å². The van der Waals surface area contributed by atoms with Gasteiger partial charge in [0.25, 0.3) is 0 Å². The van der Waals surface area contributed by atoms with Crippen molar-refractivity contribution in [2.24, 2.45) is 0 Å². The average molecular weight is 238 g/mol. The van der Waals surface area contributed by atoms with Gasteiger partial charge in [0.15, 0.2) is 0 Å². The monoisotopic (exact) mass is 238 g/mol. The van der Waals surface area contributed by atoms with Gasteiger partial charge in [0, 0.05) is 11.7 Å². The zero-order chi connectivity index (χ0) is 12.8. The first-order chi connectivity index (χ1) is 8.06.